The highest BCUT2D eigenvalue weighted by Gasteiger charge is 2.22. The molecular formula is C14H20N4O. The van der Waals surface area contributed by atoms with Gasteiger partial charge in [-0.1, -0.05) is 0 Å². The van der Waals surface area contributed by atoms with Crippen LogP contribution in [0.25, 0.3) is 11.0 Å². The molecule has 3 N–H and O–H groups in total. The first-order valence-corrected chi connectivity index (χ1v) is 6.70. The lowest BCUT2D eigenvalue weighted by Gasteiger charge is -2.13. The highest BCUT2D eigenvalue weighted by Crippen LogP contribution is 2.20. The van der Waals surface area contributed by atoms with Gasteiger partial charge in [-0.3, -0.25) is 4.90 Å². The zero-order valence-electron chi connectivity index (χ0n) is 11.2. The van der Waals surface area contributed by atoms with E-state index in [1.807, 2.05) is 18.2 Å². The second-order valence-corrected chi connectivity index (χ2v) is 5.31. The number of methoxy groups -OCH3 is 1. The number of anilines is 1. The molecule has 3 rings (SSSR count). The molecule has 1 saturated heterocycles. The molecule has 1 aromatic carbocycles. The molecule has 1 aromatic heterocycles. The van der Waals surface area contributed by atoms with Gasteiger partial charge in [0.1, 0.15) is 5.82 Å². The molecule has 102 valence electrons. The smallest absolute Gasteiger partial charge is 0.121 e. The number of ether oxygens (including phenoxy) is 1. The van der Waals surface area contributed by atoms with Crippen LogP contribution >= 0.6 is 0 Å². The van der Waals surface area contributed by atoms with Gasteiger partial charge in [-0.25, -0.2) is 4.98 Å². The lowest BCUT2D eigenvalue weighted by molar-refractivity contribution is 0.152. The van der Waals surface area contributed by atoms with E-state index in [-0.39, 0.29) is 0 Å². The van der Waals surface area contributed by atoms with Crippen molar-refractivity contribution in [1.82, 2.24) is 14.9 Å². The molecule has 1 atom stereocenters. The molecule has 0 aliphatic carbocycles. The fraction of sp³-hybridized carbons (Fsp3) is 0.500. The summed E-state index contributed by atoms with van der Waals surface area (Å²) in [4.78, 5) is 10.4. The van der Waals surface area contributed by atoms with Crippen LogP contribution in [0, 0.1) is 5.92 Å². The molecule has 2 aromatic rings. The number of nitrogens with zero attached hydrogens (tertiary/aromatic N) is 2. The van der Waals surface area contributed by atoms with Gasteiger partial charge < -0.3 is 15.5 Å². The van der Waals surface area contributed by atoms with E-state index in [1.165, 1.54) is 6.42 Å². The Hall–Kier alpha value is -1.59. The first-order chi connectivity index (χ1) is 9.24. The van der Waals surface area contributed by atoms with Crippen molar-refractivity contribution in [3.63, 3.8) is 0 Å². The summed E-state index contributed by atoms with van der Waals surface area (Å²) in [5, 5.41) is 0. The molecule has 5 heteroatoms. The Balaban J connectivity index is 1.68. The molecule has 1 unspecified atom stereocenters. The zero-order chi connectivity index (χ0) is 13.2. The third-order valence-corrected chi connectivity index (χ3v) is 3.70. The molecule has 1 aliphatic rings. The van der Waals surface area contributed by atoms with Crippen LogP contribution < -0.4 is 5.73 Å². The number of imidazole rings is 1. The van der Waals surface area contributed by atoms with Crippen molar-refractivity contribution in [3.8, 4) is 0 Å². The van der Waals surface area contributed by atoms with Crippen LogP contribution in [0.3, 0.4) is 0 Å². The largest absolute Gasteiger partial charge is 0.399 e. The minimum Gasteiger partial charge on any atom is -0.399 e. The number of aromatic amines is 1. The van der Waals surface area contributed by atoms with E-state index in [2.05, 4.69) is 14.9 Å². The summed E-state index contributed by atoms with van der Waals surface area (Å²) in [5.41, 5.74) is 8.54. The number of nitrogens with one attached hydrogen (secondary N) is 1. The average molecular weight is 260 g/mol. The summed E-state index contributed by atoms with van der Waals surface area (Å²) < 4.78 is 5.22. The molecule has 0 saturated carbocycles. The standard InChI is InChI=1S/C14H20N4O/c1-19-9-10-4-5-18(7-10)8-14-16-12-3-2-11(15)6-13(12)17-14/h2-3,6,10H,4-5,7-9,15H2,1H3,(H,16,17). The molecular weight excluding hydrogens is 240 g/mol. The Labute approximate surface area is 112 Å². The Bertz CT molecular complexity index is 566. The molecule has 1 aliphatic heterocycles. The van der Waals surface area contributed by atoms with Crippen LogP contribution in [0.15, 0.2) is 18.2 Å². The highest BCUT2D eigenvalue weighted by atomic mass is 16.5. The maximum atomic E-state index is 5.78. The monoisotopic (exact) mass is 260 g/mol. The van der Waals surface area contributed by atoms with Gasteiger partial charge >= 0.3 is 0 Å². The summed E-state index contributed by atoms with van der Waals surface area (Å²) >= 11 is 0. The first-order valence-electron chi connectivity index (χ1n) is 6.70. The molecule has 2 heterocycles. The third-order valence-electron chi connectivity index (χ3n) is 3.70. The lowest BCUT2D eigenvalue weighted by Crippen LogP contribution is -2.21. The van der Waals surface area contributed by atoms with Crippen LogP contribution in [-0.4, -0.2) is 41.7 Å². The molecule has 0 radical (unpaired) electrons. The number of nitrogens with two attached hydrogens (primary N) is 1. The molecule has 0 spiro atoms. The summed E-state index contributed by atoms with van der Waals surface area (Å²) in [6, 6.07) is 5.78. The molecule has 0 amide bonds. The van der Waals surface area contributed by atoms with E-state index < -0.39 is 0 Å². The van der Waals surface area contributed by atoms with E-state index >= 15 is 0 Å². The van der Waals surface area contributed by atoms with Crippen molar-refractivity contribution in [2.24, 2.45) is 5.92 Å². The van der Waals surface area contributed by atoms with E-state index in [4.69, 9.17) is 10.5 Å². The normalized spacial score (nSPS) is 20.4. The SMILES string of the molecule is COCC1CCN(Cc2nc3ccc(N)cc3[nH]2)C1. The van der Waals surface area contributed by atoms with Gasteiger partial charge in [-0.05, 0) is 37.1 Å². The Morgan fingerprint density at radius 1 is 1.53 bits per heavy atom. The zero-order valence-corrected chi connectivity index (χ0v) is 11.2. The molecule has 5 nitrogen and oxygen atoms in total. The Morgan fingerprint density at radius 2 is 2.42 bits per heavy atom. The van der Waals surface area contributed by atoms with Crippen LogP contribution in [0.2, 0.25) is 0 Å². The molecule has 1 fully saturated rings. The van der Waals surface area contributed by atoms with Crippen molar-refractivity contribution in [1.29, 1.82) is 0 Å². The van der Waals surface area contributed by atoms with E-state index in [9.17, 15) is 0 Å². The van der Waals surface area contributed by atoms with Gasteiger partial charge in [0.2, 0.25) is 0 Å². The quantitative estimate of drug-likeness (QED) is 0.820. The number of likely N-dealkylation sites (tertiary alicyclic amines) is 1. The number of fused-ring (bicyclic) bond motifs is 1. The minimum absolute atomic E-state index is 0.657. The number of benzene rings is 1. The predicted molar refractivity (Wildman–Crippen MR) is 75.8 cm³/mol. The van der Waals surface area contributed by atoms with Gasteiger partial charge in [0.15, 0.2) is 0 Å². The fourth-order valence-electron chi connectivity index (χ4n) is 2.79. The maximum Gasteiger partial charge on any atom is 0.121 e. The van der Waals surface area contributed by atoms with Gasteiger partial charge in [-0.15, -0.1) is 0 Å². The van der Waals surface area contributed by atoms with Crippen molar-refractivity contribution in [3.05, 3.63) is 24.0 Å². The van der Waals surface area contributed by atoms with Crippen LogP contribution in [0.4, 0.5) is 5.69 Å². The van der Waals surface area contributed by atoms with Gasteiger partial charge in [0.05, 0.1) is 24.2 Å². The summed E-state index contributed by atoms with van der Waals surface area (Å²) in [6.45, 7) is 3.93. The maximum absolute atomic E-state index is 5.78. The number of H-pyrrole nitrogens is 1. The minimum atomic E-state index is 0.657. The van der Waals surface area contributed by atoms with Crippen LogP contribution in [0.5, 0.6) is 0 Å². The summed E-state index contributed by atoms with van der Waals surface area (Å²) in [5.74, 6) is 1.67. The molecule has 0 bridgehead atoms. The van der Waals surface area contributed by atoms with Crippen molar-refractivity contribution in [2.75, 3.05) is 32.5 Å². The Morgan fingerprint density at radius 3 is 3.26 bits per heavy atom. The molecule has 19 heavy (non-hydrogen) atoms. The predicted octanol–water partition coefficient (Wildman–Crippen LogP) is 1.61. The summed E-state index contributed by atoms with van der Waals surface area (Å²) in [7, 11) is 1.77. The van der Waals surface area contributed by atoms with Gasteiger partial charge in [0.25, 0.3) is 0 Å². The van der Waals surface area contributed by atoms with Crippen molar-refractivity contribution >= 4 is 16.7 Å². The van der Waals surface area contributed by atoms with Crippen molar-refractivity contribution < 1.29 is 4.74 Å². The van der Waals surface area contributed by atoms with Gasteiger partial charge in [-0.2, -0.15) is 0 Å². The number of hydrogen-bond donors (Lipinski definition) is 2. The van der Waals surface area contributed by atoms with Crippen molar-refractivity contribution in [2.45, 2.75) is 13.0 Å². The number of rotatable bonds is 4. The summed E-state index contributed by atoms with van der Waals surface area (Å²) in [6.07, 6.45) is 1.21. The fourth-order valence-corrected chi connectivity index (χ4v) is 2.79. The van der Waals surface area contributed by atoms with Crippen LogP contribution in [0.1, 0.15) is 12.2 Å². The second kappa shape index (κ2) is 5.19. The van der Waals surface area contributed by atoms with E-state index in [1.54, 1.807) is 7.11 Å². The highest BCUT2D eigenvalue weighted by molar-refractivity contribution is 5.78. The number of aromatic nitrogens is 2. The first kappa shape index (κ1) is 12.4. The topological polar surface area (TPSA) is 67.2 Å². The van der Waals surface area contributed by atoms with E-state index in [0.29, 0.717) is 5.92 Å². The number of hydrogen-bond acceptors (Lipinski definition) is 4. The Kier molecular flexibility index (Phi) is 3.40. The van der Waals surface area contributed by atoms with E-state index in [0.717, 1.165) is 48.8 Å². The van der Waals surface area contributed by atoms with Crippen LogP contribution in [-0.2, 0) is 11.3 Å². The average Bonchev–Trinajstić information content (AvgIpc) is 2.96. The van der Waals surface area contributed by atoms with Gasteiger partial charge in [0, 0.05) is 19.3 Å². The second-order valence-electron chi connectivity index (χ2n) is 5.31. The number of nitrogen functional groups attached to an aromatic ring is 1. The third kappa shape index (κ3) is 2.72. The lowest BCUT2D eigenvalue weighted by atomic mass is 10.1.